The lowest BCUT2D eigenvalue weighted by Crippen LogP contribution is -2.29. The summed E-state index contributed by atoms with van der Waals surface area (Å²) in [6.07, 6.45) is -0.0370. The number of Topliss-reactive ketones (excluding diaryl/α,β-unsaturated/α-hetero) is 1. The van der Waals surface area contributed by atoms with Gasteiger partial charge < -0.3 is 14.6 Å². The molecule has 1 aromatic heterocycles. The van der Waals surface area contributed by atoms with Crippen molar-refractivity contribution in [2.45, 2.75) is 39.8 Å². The molecule has 3 aromatic rings. The Morgan fingerprint density at radius 3 is 2.41 bits per heavy atom. The molecular weight excluding hydrogens is 516 g/mol. The molecule has 4 rings (SSSR count). The molecule has 0 radical (unpaired) electrons. The van der Waals surface area contributed by atoms with Crippen molar-refractivity contribution >= 4 is 51.5 Å². The van der Waals surface area contributed by atoms with Crippen molar-refractivity contribution in [2.24, 2.45) is 0 Å². The van der Waals surface area contributed by atoms with Gasteiger partial charge in [-0.15, -0.1) is 0 Å². The van der Waals surface area contributed by atoms with Crippen molar-refractivity contribution in [3.05, 3.63) is 80.3 Å². The summed E-state index contributed by atoms with van der Waals surface area (Å²) in [5.74, 6) is -2.02. The van der Waals surface area contributed by atoms with E-state index in [-0.39, 0.29) is 27.4 Å². The summed E-state index contributed by atoms with van der Waals surface area (Å²) in [5, 5.41) is 12.0. The molecule has 0 aliphatic carbocycles. The maximum Gasteiger partial charge on any atom is 0.350 e. The summed E-state index contributed by atoms with van der Waals surface area (Å²) in [7, 11) is 1.25. The second-order valence-corrected chi connectivity index (χ2v) is 10.2. The van der Waals surface area contributed by atoms with E-state index in [1.54, 1.807) is 49.4 Å². The second-order valence-electron chi connectivity index (χ2n) is 8.77. The average Bonchev–Trinajstić information content (AvgIpc) is 3.36. The van der Waals surface area contributed by atoms with Crippen LogP contribution in [-0.2, 0) is 14.3 Å². The maximum absolute atomic E-state index is 13.4. The minimum atomic E-state index is -1.000. The van der Waals surface area contributed by atoms with Gasteiger partial charge in [0, 0.05) is 10.6 Å². The number of halogens is 1. The number of aromatic nitrogens is 1. The predicted octanol–water partition coefficient (Wildman–Crippen LogP) is 5.61. The Balaban J connectivity index is 1.89. The fourth-order valence-electron chi connectivity index (χ4n) is 4.10. The summed E-state index contributed by atoms with van der Waals surface area (Å²) in [4.78, 5) is 44.7. The summed E-state index contributed by atoms with van der Waals surface area (Å²) in [6.45, 7) is 7.26. The van der Waals surface area contributed by atoms with Crippen molar-refractivity contribution in [2.75, 3.05) is 12.0 Å². The highest BCUT2D eigenvalue weighted by Gasteiger charge is 2.48. The molecule has 192 valence electrons. The lowest BCUT2D eigenvalue weighted by molar-refractivity contribution is -0.132. The Kier molecular flexibility index (Phi) is 7.38. The van der Waals surface area contributed by atoms with E-state index < -0.39 is 23.7 Å². The average molecular weight is 541 g/mol. The first kappa shape index (κ1) is 26.4. The molecule has 1 atom stereocenters. The number of rotatable bonds is 6. The first-order valence-electron chi connectivity index (χ1n) is 11.4. The number of aliphatic hydroxyl groups excluding tert-OH is 1. The Hall–Kier alpha value is -3.69. The third-order valence-corrected chi connectivity index (χ3v) is 7.19. The highest BCUT2D eigenvalue weighted by Crippen LogP contribution is 2.44. The minimum absolute atomic E-state index is 0.0370. The van der Waals surface area contributed by atoms with Crippen LogP contribution in [0.5, 0.6) is 5.75 Å². The number of aryl methyl sites for hydroxylation is 2. The number of nitrogens with zero attached hydrogens (tertiary/aromatic N) is 2. The lowest BCUT2D eigenvalue weighted by Gasteiger charge is -2.23. The molecule has 1 fully saturated rings. The van der Waals surface area contributed by atoms with Crippen LogP contribution in [0.1, 0.15) is 51.9 Å². The number of anilines is 1. The van der Waals surface area contributed by atoms with Gasteiger partial charge in [0.05, 0.1) is 30.5 Å². The van der Waals surface area contributed by atoms with Gasteiger partial charge in [-0.2, -0.15) is 0 Å². The van der Waals surface area contributed by atoms with Crippen LogP contribution < -0.4 is 9.64 Å². The van der Waals surface area contributed by atoms with Gasteiger partial charge in [-0.1, -0.05) is 35.1 Å². The number of benzene rings is 2. The van der Waals surface area contributed by atoms with Crippen LogP contribution in [0.3, 0.4) is 0 Å². The zero-order valence-corrected chi connectivity index (χ0v) is 22.4. The smallest absolute Gasteiger partial charge is 0.350 e. The van der Waals surface area contributed by atoms with Crippen molar-refractivity contribution in [1.82, 2.24) is 4.98 Å². The van der Waals surface area contributed by atoms with Gasteiger partial charge in [0.25, 0.3) is 5.78 Å². The number of esters is 1. The minimum Gasteiger partial charge on any atom is -0.507 e. The first-order valence-corrected chi connectivity index (χ1v) is 12.6. The topological polar surface area (TPSA) is 106 Å². The van der Waals surface area contributed by atoms with E-state index in [0.29, 0.717) is 27.6 Å². The number of carbonyl (C=O) groups excluding carboxylic acids is 3. The van der Waals surface area contributed by atoms with E-state index in [9.17, 15) is 19.5 Å². The van der Waals surface area contributed by atoms with Gasteiger partial charge in [-0.3, -0.25) is 14.5 Å². The molecule has 2 aromatic carbocycles. The number of aliphatic hydroxyl groups is 1. The van der Waals surface area contributed by atoms with Gasteiger partial charge in [0.15, 0.2) is 5.13 Å². The van der Waals surface area contributed by atoms with E-state index in [1.165, 1.54) is 12.0 Å². The summed E-state index contributed by atoms with van der Waals surface area (Å²) >= 11 is 7.02. The van der Waals surface area contributed by atoms with Gasteiger partial charge in [-0.25, -0.2) is 9.78 Å². The van der Waals surface area contributed by atoms with E-state index in [1.807, 2.05) is 20.8 Å². The zero-order chi connectivity index (χ0) is 27.0. The molecule has 1 saturated heterocycles. The molecule has 1 aliphatic rings. The third kappa shape index (κ3) is 4.97. The van der Waals surface area contributed by atoms with Crippen molar-refractivity contribution in [3.8, 4) is 5.75 Å². The molecule has 1 aliphatic heterocycles. The van der Waals surface area contributed by atoms with E-state index in [4.69, 9.17) is 21.1 Å². The summed E-state index contributed by atoms with van der Waals surface area (Å²) in [6, 6.07) is 10.7. The highest BCUT2D eigenvalue weighted by molar-refractivity contribution is 7.17. The standard InChI is InChI=1S/C27H25ClN2O6S/c1-13(2)36-19-11-8-17(12-14(19)3)22(31)20-21(16-6-9-18(28)10-7-16)30(25(33)23(20)32)27-29-15(4)24(37-27)26(34)35-5/h6-13,21,31H,1-5H3/b22-20+/t21-/m0/s1. The molecule has 0 saturated carbocycles. The normalized spacial score (nSPS) is 16.9. The number of hydrogen-bond donors (Lipinski definition) is 1. The largest absolute Gasteiger partial charge is 0.507 e. The first-order chi connectivity index (χ1) is 17.5. The van der Waals surface area contributed by atoms with Crippen LogP contribution in [0.2, 0.25) is 5.02 Å². The Morgan fingerprint density at radius 2 is 1.81 bits per heavy atom. The highest BCUT2D eigenvalue weighted by atomic mass is 35.5. The second kappa shape index (κ2) is 10.4. The summed E-state index contributed by atoms with van der Waals surface area (Å²) < 4.78 is 10.6. The van der Waals surface area contributed by atoms with E-state index in [0.717, 1.165) is 16.9 Å². The van der Waals surface area contributed by atoms with Gasteiger partial charge in [-0.05, 0) is 69.2 Å². The zero-order valence-electron chi connectivity index (χ0n) is 20.9. The van der Waals surface area contributed by atoms with Crippen molar-refractivity contribution < 1.29 is 29.0 Å². The van der Waals surface area contributed by atoms with Crippen LogP contribution in [0.15, 0.2) is 48.0 Å². The molecule has 37 heavy (non-hydrogen) atoms. The maximum atomic E-state index is 13.4. The number of amides is 1. The van der Waals surface area contributed by atoms with Crippen LogP contribution >= 0.6 is 22.9 Å². The molecule has 0 spiro atoms. The summed E-state index contributed by atoms with van der Waals surface area (Å²) in [5.41, 5.74) is 1.91. The van der Waals surface area contributed by atoms with Crippen LogP contribution in [0.4, 0.5) is 5.13 Å². The molecule has 1 N–H and O–H groups in total. The molecule has 10 heteroatoms. The number of methoxy groups -OCH3 is 1. The lowest BCUT2D eigenvalue weighted by atomic mass is 9.95. The number of ketones is 1. The molecule has 1 amide bonds. The molecule has 0 unspecified atom stereocenters. The quantitative estimate of drug-likeness (QED) is 0.187. The molecule has 0 bridgehead atoms. The number of thiazole rings is 1. The number of carbonyl (C=O) groups is 3. The fourth-order valence-corrected chi connectivity index (χ4v) is 5.23. The van der Waals surface area contributed by atoms with Crippen LogP contribution in [-0.4, -0.2) is 41.0 Å². The van der Waals surface area contributed by atoms with E-state index in [2.05, 4.69) is 4.98 Å². The number of ether oxygens (including phenoxy) is 2. The monoisotopic (exact) mass is 540 g/mol. The molecule has 2 heterocycles. The SMILES string of the molecule is COC(=O)c1sc(N2C(=O)C(=O)/C(=C(/O)c3ccc(OC(C)C)c(C)c3)[C@@H]2c2ccc(Cl)cc2)nc1C. The molecular formula is C27H25ClN2O6S. The van der Waals surface area contributed by atoms with Crippen LogP contribution in [0.25, 0.3) is 5.76 Å². The van der Waals surface area contributed by atoms with Crippen molar-refractivity contribution in [1.29, 1.82) is 0 Å². The Morgan fingerprint density at radius 1 is 1.14 bits per heavy atom. The van der Waals surface area contributed by atoms with Gasteiger partial charge in [0.1, 0.15) is 16.4 Å². The molecule has 8 nitrogen and oxygen atoms in total. The predicted molar refractivity (Wildman–Crippen MR) is 141 cm³/mol. The van der Waals surface area contributed by atoms with Crippen LogP contribution in [0, 0.1) is 13.8 Å². The number of hydrogen-bond acceptors (Lipinski definition) is 8. The van der Waals surface area contributed by atoms with Crippen molar-refractivity contribution in [3.63, 3.8) is 0 Å². The van der Waals surface area contributed by atoms with Gasteiger partial charge in [0.2, 0.25) is 0 Å². The fraction of sp³-hybridized carbons (Fsp3) is 0.259. The van der Waals surface area contributed by atoms with E-state index >= 15 is 0 Å². The third-order valence-electron chi connectivity index (χ3n) is 5.80. The van der Waals surface area contributed by atoms with Gasteiger partial charge >= 0.3 is 11.9 Å². The Bertz CT molecular complexity index is 1430. The Labute approximate surface area is 223 Å².